The molecule has 0 radical (unpaired) electrons. The second kappa shape index (κ2) is 5.53. The summed E-state index contributed by atoms with van der Waals surface area (Å²) in [7, 11) is 0. The van der Waals surface area contributed by atoms with E-state index in [2.05, 4.69) is 47.8 Å². The van der Waals surface area contributed by atoms with Crippen LogP contribution in [0.4, 0.5) is 5.69 Å². The lowest BCUT2D eigenvalue weighted by atomic mass is 10.1. The van der Waals surface area contributed by atoms with E-state index < -0.39 is 0 Å². The van der Waals surface area contributed by atoms with E-state index >= 15 is 0 Å². The molecule has 1 atom stereocenters. The van der Waals surface area contributed by atoms with Crippen molar-refractivity contribution in [3.8, 4) is 11.1 Å². The first-order valence-electron chi connectivity index (χ1n) is 7.97. The highest BCUT2D eigenvalue weighted by molar-refractivity contribution is 5.78. The summed E-state index contributed by atoms with van der Waals surface area (Å²) in [5, 5.41) is 3.55. The number of anilines is 1. The lowest BCUT2D eigenvalue weighted by Crippen LogP contribution is -2.12. The van der Waals surface area contributed by atoms with Gasteiger partial charge in [0.2, 0.25) is 0 Å². The minimum absolute atomic E-state index is 0.469. The van der Waals surface area contributed by atoms with Crippen molar-refractivity contribution in [2.45, 2.75) is 31.8 Å². The maximum atomic E-state index is 5.67. The Balaban J connectivity index is 1.43. The van der Waals surface area contributed by atoms with E-state index in [1.807, 2.05) is 0 Å². The van der Waals surface area contributed by atoms with E-state index in [0.29, 0.717) is 6.10 Å². The first-order chi connectivity index (χ1) is 10.4. The van der Waals surface area contributed by atoms with Gasteiger partial charge in [0.15, 0.2) is 0 Å². The maximum Gasteiger partial charge on any atom is 0.0592 e. The molecule has 2 aromatic carbocycles. The van der Waals surface area contributed by atoms with Crippen molar-refractivity contribution >= 4 is 5.69 Å². The highest BCUT2D eigenvalue weighted by Crippen LogP contribution is 2.37. The second-order valence-corrected chi connectivity index (χ2v) is 6.06. The lowest BCUT2D eigenvalue weighted by Gasteiger charge is -2.12. The molecule has 0 spiro atoms. The quantitative estimate of drug-likeness (QED) is 0.771. The summed E-state index contributed by atoms with van der Waals surface area (Å²) in [5.74, 6) is 0. The molecule has 1 unspecified atom stereocenters. The van der Waals surface area contributed by atoms with E-state index in [-0.39, 0.29) is 0 Å². The third-order valence-corrected chi connectivity index (χ3v) is 4.61. The molecule has 0 aromatic heterocycles. The molecule has 1 saturated heterocycles. The molecule has 0 saturated carbocycles. The molecular formula is C19H21NO. The molecule has 2 aromatic rings. The first-order valence-corrected chi connectivity index (χ1v) is 7.97. The lowest BCUT2D eigenvalue weighted by molar-refractivity contribution is 0.107. The zero-order chi connectivity index (χ0) is 14.1. The number of hydrogen-bond donors (Lipinski definition) is 1. The van der Waals surface area contributed by atoms with Crippen LogP contribution in [0.3, 0.4) is 0 Å². The third kappa shape index (κ3) is 2.56. The standard InChI is InChI=1S/C19H21NO/c1-2-6-18-14(4-1)12-15-13-16(7-8-19(15)18)20-10-9-17-5-3-11-21-17/h1-2,4,6-8,13,17,20H,3,5,9-12H2. The number of hydrogen-bond acceptors (Lipinski definition) is 2. The number of fused-ring (bicyclic) bond motifs is 3. The van der Waals surface area contributed by atoms with Crippen molar-refractivity contribution in [2.75, 3.05) is 18.5 Å². The predicted octanol–water partition coefficient (Wildman–Crippen LogP) is 4.24. The molecule has 2 nitrogen and oxygen atoms in total. The van der Waals surface area contributed by atoms with E-state index in [9.17, 15) is 0 Å². The van der Waals surface area contributed by atoms with Crippen molar-refractivity contribution < 1.29 is 4.74 Å². The summed E-state index contributed by atoms with van der Waals surface area (Å²) in [6, 6.07) is 15.5. The van der Waals surface area contributed by atoms with Crippen LogP contribution >= 0.6 is 0 Å². The largest absolute Gasteiger partial charge is 0.385 e. The van der Waals surface area contributed by atoms with Crippen LogP contribution in [0.15, 0.2) is 42.5 Å². The van der Waals surface area contributed by atoms with E-state index in [1.54, 1.807) is 0 Å². The summed E-state index contributed by atoms with van der Waals surface area (Å²) in [6.07, 6.45) is 5.09. The smallest absolute Gasteiger partial charge is 0.0592 e. The van der Waals surface area contributed by atoms with Crippen LogP contribution in [0.5, 0.6) is 0 Å². The molecule has 1 N–H and O–H groups in total. The summed E-state index contributed by atoms with van der Waals surface area (Å²) >= 11 is 0. The SMILES string of the molecule is c1ccc2c(c1)Cc1cc(NCCC3CCCO3)ccc1-2. The molecule has 1 fully saturated rings. The Bertz CT molecular complexity index is 644. The Morgan fingerprint density at radius 3 is 2.86 bits per heavy atom. The van der Waals surface area contributed by atoms with Crippen molar-refractivity contribution in [3.63, 3.8) is 0 Å². The molecule has 1 aliphatic carbocycles. The monoisotopic (exact) mass is 279 g/mol. The van der Waals surface area contributed by atoms with E-state index in [1.165, 1.54) is 40.8 Å². The zero-order valence-electron chi connectivity index (χ0n) is 12.3. The van der Waals surface area contributed by atoms with Gasteiger partial charge in [-0.15, -0.1) is 0 Å². The molecule has 1 aliphatic heterocycles. The maximum absolute atomic E-state index is 5.67. The molecule has 4 rings (SSSR count). The number of ether oxygens (including phenoxy) is 1. The molecule has 2 aliphatic rings. The van der Waals surface area contributed by atoms with Crippen molar-refractivity contribution in [3.05, 3.63) is 53.6 Å². The summed E-state index contributed by atoms with van der Waals surface area (Å²) in [6.45, 7) is 1.94. The topological polar surface area (TPSA) is 21.3 Å². The van der Waals surface area contributed by atoms with Gasteiger partial charge in [0.05, 0.1) is 6.10 Å². The highest BCUT2D eigenvalue weighted by Gasteiger charge is 2.18. The van der Waals surface area contributed by atoms with Gasteiger partial charge >= 0.3 is 0 Å². The Hall–Kier alpha value is -1.80. The van der Waals surface area contributed by atoms with Crippen LogP contribution in [-0.4, -0.2) is 19.3 Å². The Labute approximate surface area is 126 Å². The summed E-state index contributed by atoms with van der Waals surface area (Å²) in [4.78, 5) is 0. The average molecular weight is 279 g/mol. The summed E-state index contributed by atoms with van der Waals surface area (Å²) in [5.41, 5.74) is 6.93. The van der Waals surface area contributed by atoms with Gasteiger partial charge in [0.25, 0.3) is 0 Å². The van der Waals surface area contributed by atoms with Gasteiger partial charge in [0, 0.05) is 18.8 Å². The molecular weight excluding hydrogens is 258 g/mol. The molecule has 21 heavy (non-hydrogen) atoms. The number of rotatable bonds is 4. The Morgan fingerprint density at radius 2 is 1.95 bits per heavy atom. The normalized spacial score (nSPS) is 19.3. The van der Waals surface area contributed by atoms with Crippen LogP contribution in [0.1, 0.15) is 30.4 Å². The van der Waals surface area contributed by atoms with Crippen LogP contribution < -0.4 is 5.32 Å². The van der Waals surface area contributed by atoms with Crippen LogP contribution in [-0.2, 0) is 11.2 Å². The second-order valence-electron chi connectivity index (χ2n) is 6.06. The number of nitrogens with one attached hydrogen (secondary N) is 1. The van der Waals surface area contributed by atoms with E-state index in [4.69, 9.17) is 4.74 Å². The van der Waals surface area contributed by atoms with Gasteiger partial charge in [-0.25, -0.2) is 0 Å². The van der Waals surface area contributed by atoms with Crippen molar-refractivity contribution in [2.24, 2.45) is 0 Å². The molecule has 108 valence electrons. The predicted molar refractivity (Wildman–Crippen MR) is 86.8 cm³/mol. The van der Waals surface area contributed by atoms with E-state index in [0.717, 1.165) is 26.0 Å². The minimum atomic E-state index is 0.469. The first kappa shape index (κ1) is 12.9. The fraction of sp³-hybridized carbons (Fsp3) is 0.368. The van der Waals surface area contributed by atoms with Crippen molar-refractivity contribution in [1.82, 2.24) is 0 Å². The highest BCUT2D eigenvalue weighted by atomic mass is 16.5. The number of benzene rings is 2. The fourth-order valence-corrected chi connectivity index (χ4v) is 3.50. The molecule has 0 bridgehead atoms. The Kier molecular flexibility index (Phi) is 3.40. The summed E-state index contributed by atoms with van der Waals surface area (Å²) < 4.78 is 5.67. The Morgan fingerprint density at radius 1 is 1.05 bits per heavy atom. The molecule has 0 amide bonds. The molecule has 1 heterocycles. The molecule has 2 heteroatoms. The van der Waals surface area contributed by atoms with Gasteiger partial charge in [-0.2, -0.15) is 0 Å². The van der Waals surface area contributed by atoms with Crippen LogP contribution in [0, 0.1) is 0 Å². The van der Waals surface area contributed by atoms with Gasteiger partial charge in [-0.1, -0.05) is 30.3 Å². The van der Waals surface area contributed by atoms with Crippen LogP contribution in [0.25, 0.3) is 11.1 Å². The van der Waals surface area contributed by atoms with Gasteiger partial charge < -0.3 is 10.1 Å². The van der Waals surface area contributed by atoms with Crippen molar-refractivity contribution in [1.29, 1.82) is 0 Å². The van der Waals surface area contributed by atoms with Gasteiger partial charge in [-0.05, 0) is 60.1 Å². The average Bonchev–Trinajstić information content (AvgIpc) is 3.13. The third-order valence-electron chi connectivity index (χ3n) is 4.61. The fourth-order valence-electron chi connectivity index (χ4n) is 3.50. The van der Waals surface area contributed by atoms with Gasteiger partial charge in [0.1, 0.15) is 0 Å². The zero-order valence-corrected chi connectivity index (χ0v) is 12.3. The van der Waals surface area contributed by atoms with Crippen LogP contribution in [0.2, 0.25) is 0 Å². The van der Waals surface area contributed by atoms with Gasteiger partial charge in [-0.3, -0.25) is 0 Å². The minimum Gasteiger partial charge on any atom is -0.385 e.